The maximum Gasteiger partial charge on any atom is 0.419 e. The molecule has 1 saturated heterocycles. The van der Waals surface area contributed by atoms with Crippen molar-refractivity contribution in [2.45, 2.75) is 0 Å². The Kier molecular flexibility index (Phi) is 2.69. The number of carbonyl (C=O) groups is 2. The molecule has 0 saturated carbocycles. The molecule has 0 aliphatic carbocycles. The summed E-state index contributed by atoms with van der Waals surface area (Å²) >= 11 is 0. The number of cyclic esters (lactones) is 1. The van der Waals surface area contributed by atoms with E-state index in [4.69, 9.17) is 4.74 Å². The summed E-state index contributed by atoms with van der Waals surface area (Å²) in [5.41, 5.74) is 0.842. The van der Waals surface area contributed by atoms with Gasteiger partial charge in [0.15, 0.2) is 5.76 Å². The number of amides is 2. The number of alkyl carbamates (subject to hydrolysis) is 1. The van der Waals surface area contributed by atoms with E-state index in [2.05, 4.69) is 11.4 Å². The van der Waals surface area contributed by atoms with Gasteiger partial charge in [-0.15, -0.1) is 0 Å². The van der Waals surface area contributed by atoms with Gasteiger partial charge in [-0.2, -0.15) is 0 Å². The van der Waals surface area contributed by atoms with Gasteiger partial charge in [0, 0.05) is 0 Å². The van der Waals surface area contributed by atoms with Crippen LogP contribution in [0.4, 0.5) is 4.79 Å². The number of hydrogen-bond donors (Lipinski definition) is 1. The van der Waals surface area contributed by atoms with Gasteiger partial charge >= 0.3 is 6.09 Å². The smallest absolute Gasteiger partial charge is 0.404 e. The number of hydrogen-bond acceptors (Lipinski definition) is 3. The Morgan fingerprint density at radius 2 is 1.55 bits per heavy atom. The first-order valence-electron chi connectivity index (χ1n) is 6.88. The van der Waals surface area contributed by atoms with Gasteiger partial charge in [-0.05, 0) is 39.3 Å². The van der Waals surface area contributed by atoms with Crippen LogP contribution >= 0.6 is 0 Å². The lowest BCUT2D eigenvalue weighted by atomic mass is 9.97. The van der Waals surface area contributed by atoms with Gasteiger partial charge in [0.05, 0.1) is 0 Å². The predicted molar refractivity (Wildman–Crippen MR) is 84.1 cm³/mol. The second-order valence-electron chi connectivity index (χ2n) is 5.08. The topological polar surface area (TPSA) is 55.4 Å². The van der Waals surface area contributed by atoms with E-state index in [1.807, 2.05) is 48.5 Å². The molecule has 2 amide bonds. The standard InChI is InChI=1S/C18H11NO3/c20-17-16(22-18(21)19-17)10-12-9-11-5-1-2-6-13(11)15-8-4-3-7-14(12)15/h1-10H,(H,19,20,21). The Hall–Kier alpha value is -3.14. The van der Waals surface area contributed by atoms with Crippen molar-refractivity contribution in [1.29, 1.82) is 0 Å². The SMILES string of the molecule is O=C1NC(=O)C(=Cc2cc3ccccc3c3ccccc23)O1. The van der Waals surface area contributed by atoms with Crippen molar-refractivity contribution in [3.05, 3.63) is 65.9 Å². The van der Waals surface area contributed by atoms with Crippen LogP contribution in [0.3, 0.4) is 0 Å². The number of rotatable bonds is 1. The lowest BCUT2D eigenvalue weighted by Crippen LogP contribution is -2.18. The van der Waals surface area contributed by atoms with Gasteiger partial charge in [-0.25, -0.2) is 4.79 Å². The molecule has 1 heterocycles. The van der Waals surface area contributed by atoms with E-state index >= 15 is 0 Å². The first kappa shape index (κ1) is 12.6. The molecule has 106 valence electrons. The molecule has 0 unspecified atom stereocenters. The molecule has 0 atom stereocenters. The van der Waals surface area contributed by atoms with Crippen LogP contribution in [-0.2, 0) is 9.53 Å². The highest BCUT2D eigenvalue weighted by Crippen LogP contribution is 2.30. The Balaban J connectivity index is 2.02. The summed E-state index contributed by atoms with van der Waals surface area (Å²) in [5, 5.41) is 6.42. The fourth-order valence-corrected chi connectivity index (χ4v) is 2.76. The molecular weight excluding hydrogens is 278 g/mol. The largest absolute Gasteiger partial charge is 0.419 e. The summed E-state index contributed by atoms with van der Waals surface area (Å²) in [6, 6.07) is 18.0. The first-order valence-corrected chi connectivity index (χ1v) is 6.88. The molecule has 4 rings (SSSR count). The van der Waals surface area contributed by atoms with E-state index < -0.39 is 12.0 Å². The van der Waals surface area contributed by atoms with Crippen LogP contribution in [0.2, 0.25) is 0 Å². The average molecular weight is 289 g/mol. The summed E-state index contributed by atoms with van der Waals surface area (Å²) in [4.78, 5) is 22.8. The molecular formula is C18H11NO3. The zero-order valence-electron chi connectivity index (χ0n) is 11.5. The summed E-state index contributed by atoms with van der Waals surface area (Å²) in [5.74, 6) is -0.493. The number of ether oxygens (including phenoxy) is 1. The highest BCUT2D eigenvalue weighted by molar-refractivity contribution is 6.14. The number of imide groups is 1. The second kappa shape index (κ2) is 4.70. The Morgan fingerprint density at radius 1 is 0.864 bits per heavy atom. The molecule has 3 aromatic carbocycles. The number of benzene rings is 3. The number of fused-ring (bicyclic) bond motifs is 3. The van der Waals surface area contributed by atoms with E-state index in [-0.39, 0.29) is 5.76 Å². The zero-order valence-corrected chi connectivity index (χ0v) is 11.5. The minimum atomic E-state index is -0.735. The third-order valence-corrected chi connectivity index (χ3v) is 3.73. The van der Waals surface area contributed by atoms with Gasteiger partial charge in [-0.1, -0.05) is 48.5 Å². The monoisotopic (exact) mass is 289 g/mol. The number of carbonyl (C=O) groups excluding carboxylic acids is 2. The van der Waals surface area contributed by atoms with Crippen molar-refractivity contribution in [1.82, 2.24) is 5.32 Å². The van der Waals surface area contributed by atoms with E-state index in [1.54, 1.807) is 6.08 Å². The molecule has 0 bridgehead atoms. The summed E-state index contributed by atoms with van der Waals surface area (Å²) < 4.78 is 4.90. The van der Waals surface area contributed by atoms with Crippen molar-refractivity contribution in [2.75, 3.05) is 0 Å². The van der Waals surface area contributed by atoms with Crippen molar-refractivity contribution in [2.24, 2.45) is 0 Å². The van der Waals surface area contributed by atoms with Crippen LogP contribution in [-0.4, -0.2) is 12.0 Å². The summed E-state index contributed by atoms with van der Waals surface area (Å²) in [6.07, 6.45) is 0.871. The maximum absolute atomic E-state index is 11.7. The highest BCUT2D eigenvalue weighted by Gasteiger charge is 2.26. The molecule has 0 spiro atoms. The lowest BCUT2D eigenvalue weighted by molar-refractivity contribution is -0.116. The van der Waals surface area contributed by atoms with Crippen molar-refractivity contribution in [3.63, 3.8) is 0 Å². The average Bonchev–Trinajstić information content (AvgIpc) is 2.85. The lowest BCUT2D eigenvalue weighted by Gasteiger charge is -2.08. The van der Waals surface area contributed by atoms with Gasteiger partial charge in [0.1, 0.15) is 0 Å². The van der Waals surface area contributed by atoms with Crippen LogP contribution < -0.4 is 5.32 Å². The molecule has 1 fully saturated rings. The first-order chi connectivity index (χ1) is 10.7. The Bertz CT molecular complexity index is 972. The molecule has 1 aliphatic rings. The van der Waals surface area contributed by atoms with E-state index in [0.29, 0.717) is 0 Å². The minimum absolute atomic E-state index is 0.0189. The van der Waals surface area contributed by atoms with Gasteiger partial charge in [0.25, 0.3) is 5.91 Å². The molecule has 0 radical (unpaired) electrons. The van der Waals surface area contributed by atoms with Crippen molar-refractivity contribution in [3.8, 4) is 0 Å². The Morgan fingerprint density at radius 3 is 2.27 bits per heavy atom. The molecule has 0 aromatic heterocycles. The maximum atomic E-state index is 11.7. The molecule has 1 aliphatic heterocycles. The normalized spacial score (nSPS) is 16.3. The fourth-order valence-electron chi connectivity index (χ4n) is 2.76. The fraction of sp³-hybridized carbons (Fsp3) is 0. The Labute approximate surface area is 126 Å². The highest BCUT2D eigenvalue weighted by atomic mass is 16.6. The van der Waals surface area contributed by atoms with Gasteiger partial charge in [-0.3, -0.25) is 10.1 Å². The van der Waals surface area contributed by atoms with E-state index in [9.17, 15) is 9.59 Å². The number of nitrogens with one attached hydrogen (secondary N) is 1. The van der Waals surface area contributed by atoms with Gasteiger partial charge in [0.2, 0.25) is 0 Å². The summed E-state index contributed by atoms with van der Waals surface area (Å²) in [7, 11) is 0. The third kappa shape index (κ3) is 1.93. The van der Waals surface area contributed by atoms with Gasteiger partial charge < -0.3 is 4.74 Å². The second-order valence-corrected chi connectivity index (χ2v) is 5.08. The predicted octanol–water partition coefficient (Wildman–Crippen LogP) is 3.60. The van der Waals surface area contributed by atoms with Crippen LogP contribution in [0.25, 0.3) is 27.6 Å². The molecule has 1 N–H and O–H groups in total. The molecule has 4 nitrogen and oxygen atoms in total. The van der Waals surface area contributed by atoms with Crippen molar-refractivity contribution >= 4 is 39.6 Å². The zero-order chi connectivity index (χ0) is 15.1. The summed E-state index contributed by atoms with van der Waals surface area (Å²) in [6.45, 7) is 0. The minimum Gasteiger partial charge on any atom is -0.404 e. The van der Waals surface area contributed by atoms with Crippen LogP contribution in [0.5, 0.6) is 0 Å². The van der Waals surface area contributed by atoms with Crippen LogP contribution in [0.1, 0.15) is 5.56 Å². The molecule has 3 aromatic rings. The van der Waals surface area contributed by atoms with Crippen molar-refractivity contribution < 1.29 is 14.3 Å². The van der Waals surface area contributed by atoms with E-state index in [1.165, 1.54) is 0 Å². The van der Waals surface area contributed by atoms with Crippen LogP contribution in [0.15, 0.2) is 60.4 Å². The quantitative estimate of drug-likeness (QED) is 0.550. The van der Waals surface area contributed by atoms with E-state index in [0.717, 1.165) is 27.1 Å². The molecule has 22 heavy (non-hydrogen) atoms. The molecule has 4 heteroatoms. The van der Waals surface area contributed by atoms with Crippen LogP contribution in [0, 0.1) is 0 Å². The third-order valence-electron chi connectivity index (χ3n) is 3.73.